The molecule has 0 unspecified atom stereocenters. The number of pyridine rings is 1. The second kappa shape index (κ2) is 29.0. The Morgan fingerprint density at radius 2 is 1.27 bits per heavy atom. The van der Waals surface area contributed by atoms with Crippen molar-refractivity contribution in [1.82, 2.24) is 13.9 Å². The Bertz CT molecular complexity index is 1450. The van der Waals surface area contributed by atoms with Crippen LogP contribution in [0.4, 0.5) is 0 Å². The monoisotopic (exact) mass is 809 g/mol. The van der Waals surface area contributed by atoms with Crippen molar-refractivity contribution in [1.29, 1.82) is 0 Å². The number of carboxylic acids is 1. The van der Waals surface area contributed by atoms with E-state index in [0.29, 0.717) is 98.1 Å². The van der Waals surface area contributed by atoms with Gasteiger partial charge in [0.1, 0.15) is 0 Å². The van der Waals surface area contributed by atoms with Crippen molar-refractivity contribution < 1.29 is 47.8 Å². The van der Waals surface area contributed by atoms with Crippen LogP contribution < -0.4 is 0 Å². The number of ether oxygens (including phenoxy) is 8. The van der Waals surface area contributed by atoms with Gasteiger partial charge in [-0.2, -0.15) is 5.10 Å². The van der Waals surface area contributed by atoms with Crippen LogP contribution in [0.3, 0.4) is 0 Å². The van der Waals surface area contributed by atoms with Gasteiger partial charge in [-0.15, -0.1) is 11.6 Å². The third-order valence-electron chi connectivity index (χ3n) is 8.76. The molecule has 2 aromatic heterocycles. The van der Waals surface area contributed by atoms with Gasteiger partial charge >= 0.3 is 5.97 Å². The van der Waals surface area contributed by atoms with E-state index in [1.54, 1.807) is 22.7 Å². The summed E-state index contributed by atoms with van der Waals surface area (Å²) in [5.74, 6) is -0.128. The molecule has 1 fully saturated rings. The number of unbranched alkanes of at least 4 members (excludes halogenated alkanes) is 3. The van der Waals surface area contributed by atoms with Crippen LogP contribution in [0.2, 0.25) is 0 Å². The van der Waals surface area contributed by atoms with E-state index in [2.05, 4.69) is 27.6 Å². The number of fused-ring (bicyclic) bond motifs is 1. The van der Waals surface area contributed by atoms with Gasteiger partial charge in [0.2, 0.25) is 0 Å². The third kappa shape index (κ3) is 19.1. The molecule has 1 aliphatic rings. The quantitative estimate of drug-likeness (QED) is 0.0437. The number of hydrogen-bond donors (Lipinski definition) is 1. The van der Waals surface area contributed by atoms with Crippen LogP contribution >= 0.6 is 23.5 Å². The fourth-order valence-corrected chi connectivity index (χ4v) is 7.14. The molecule has 15 heteroatoms. The molecule has 0 saturated carbocycles. The number of aliphatic carboxylic acids is 1. The Kier molecular flexibility index (Phi) is 23.9. The van der Waals surface area contributed by atoms with Gasteiger partial charge in [-0.05, 0) is 67.0 Å². The van der Waals surface area contributed by atoms with Gasteiger partial charge in [0.25, 0.3) is 0 Å². The Morgan fingerprint density at radius 1 is 0.727 bits per heavy atom. The Balaban J connectivity index is 0.908. The van der Waals surface area contributed by atoms with E-state index in [-0.39, 0.29) is 12.5 Å². The first-order valence-corrected chi connectivity index (χ1v) is 20.9. The maximum absolute atomic E-state index is 11.3. The van der Waals surface area contributed by atoms with Crippen molar-refractivity contribution >= 4 is 35.0 Å². The highest BCUT2D eigenvalue weighted by atomic mass is 35.5. The molecule has 1 aromatic carbocycles. The van der Waals surface area contributed by atoms with E-state index >= 15 is 0 Å². The molecule has 0 amide bonds. The molecule has 0 bridgehead atoms. The summed E-state index contributed by atoms with van der Waals surface area (Å²) in [6.07, 6.45) is 10.1. The molecule has 0 spiro atoms. The number of carboxylic acid groups (broad SMARTS) is 1. The average Bonchev–Trinajstić information content (AvgIpc) is 3.59. The van der Waals surface area contributed by atoms with Crippen molar-refractivity contribution in [3.8, 4) is 11.1 Å². The summed E-state index contributed by atoms with van der Waals surface area (Å²) in [6, 6.07) is 12.4. The van der Waals surface area contributed by atoms with Crippen LogP contribution in [0.5, 0.6) is 0 Å². The number of hydrogen-bond acceptors (Lipinski definition) is 12. The molecule has 4 rings (SSSR count). The normalized spacial score (nSPS) is 14.0. The maximum Gasteiger partial charge on any atom is 0.307 e. The van der Waals surface area contributed by atoms with Gasteiger partial charge in [0, 0.05) is 42.2 Å². The topological polar surface area (TPSA) is 132 Å². The molecule has 3 heterocycles. The lowest BCUT2D eigenvalue weighted by Gasteiger charge is -2.31. The van der Waals surface area contributed by atoms with Crippen LogP contribution in [0.1, 0.15) is 44.1 Å². The van der Waals surface area contributed by atoms with E-state index in [9.17, 15) is 9.90 Å². The number of rotatable bonds is 33. The summed E-state index contributed by atoms with van der Waals surface area (Å²) in [4.78, 5) is 12.5. The second-order valence-electron chi connectivity index (χ2n) is 13.0. The second-order valence-corrected chi connectivity index (χ2v) is 14.5. The number of aromatic nitrogens is 2. The zero-order valence-corrected chi connectivity index (χ0v) is 33.7. The molecule has 0 aliphatic carbocycles. The first kappa shape index (κ1) is 45.4. The first-order chi connectivity index (χ1) is 27.1. The number of carbonyl (C=O) groups is 1. The Labute approximate surface area is 335 Å². The maximum atomic E-state index is 11.3. The summed E-state index contributed by atoms with van der Waals surface area (Å²) in [5.41, 5.74) is 3.67. The van der Waals surface area contributed by atoms with Gasteiger partial charge in [-0.1, -0.05) is 31.0 Å². The fourth-order valence-electron chi connectivity index (χ4n) is 5.86. The zero-order valence-electron chi connectivity index (χ0n) is 32.1. The van der Waals surface area contributed by atoms with Crippen molar-refractivity contribution in [3.05, 3.63) is 54.4 Å². The number of alkyl halides is 1. The first-order valence-electron chi connectivity index (χ1n) is 19.6. The lowest BCUT2D eigenvalue weighted by molar-refractivity contribution is -0.136. The smallest absolute Gasteiger partial charge is 0.307 e. The summed E-state index contributed by atoms with van der Waals surface area (Å²) < 4.78 is 49.1. The number of piperidine rings is 1. The third-order valence-corrected chi connectivity index (χ3v) is 10.2. The highest BCUT2D eigenvalue weighted by molar-refractivity contribution is 7.97. The van der Waals surface area contributed by atoms with E-state index in [4.69, 9.17) is 49.5 Å². The summed E-state index contributed by atoms with van der Waals surface area (Å²) in [6.45, 7) is 10.2. The molecule has 308 valence electrons. The molecule has 1 N–H and O–H groups in total. The van der Waals surface area contributed by atoms with Gasteiger partial charge < -0.3 is 43.0 Å². The van der Waals surface area contributed by atoms with Crippen molar-refractivity contribution in [2.24, 2.45) is 0 Å². The highest BCUT2D eigenvalue weighted by Gasteiger charge is 2.21. The average molecular weight is 810 g/mol. The van der Waals surface area contributed by atoms with Gasteiger partial charge in [-0.25, -0.2) is 8.82 Å². The number of nitrogens with zero attached hydrogens (tertiary/aromatic N) is 3. The van der Waals surface area contributed by atoms with E-state index in [1.165, 1.54) is 6.42 Å². The summed E-state index contributed by atoms with van der Waals surface area (Å²) in [5, 5.41) is 13.6. The van der Waals surface area contributed by atoms with Gasteiger partial charge in [0.05, 0.1) is 117 Å². The van der Waals surface area contributed by atoms with E-state index < -0.39 is 5.97 Å². The van der Waals surface area contributed by atoms with Crippen LogP contribution in [-0.2, 0) is 49.1 Å². The van der Waals surface area contributed by atoms with Crippen molar-refractivity contribution in [2.45, 2.75) is 55.9 Å². The Morgan fingerprint density at radius 3 is 1.85 bits per heavy atom. The molecule has 1 aliphatic heterocycles. The molecule has 1 saturated heterocycles. The highest BCUT2D eigenvalue weighted by Crippen LogP contribution is 2.35. The van der Waals surface area contributed by atoms with Crippen LogP contribution in [-0.4, -0.2) is 149 Å². The molecule has 55 heavy (non-hydrogen) atoms. The molecular weight excluding hydrogens is 750 g/mol. The van der Waals surface area contributed by atoms with Crippen LogP contribution in [0.25, 0.3) is 16.6 Å². The zero-order chi connectivity index (χ0) is 38.6. The van der Waals surface area contributed by atoms with Crippen molar-refractivity contribution in [2.75, 3.05) is 118 Å². The largest absolute Gasteiger partial charge is 0.481 e. The molecule has 3 aromatic rings. The minimum absolute atomic E-state index is 0.0560. The summed E-state index contributed by atoms with van der Waals surface area (Å²) >= 11 is 7.43. The molecule has 0 atom stereocenters. The number of halogens is 1. The van der Waals surface area contributed by atoms with E-state index in [1.807, 2.05) is 24.4 Å². The minimum atomic E-state index is -0.868. The number of benzene rings is 1. The molecule has 13 nitrogen and oxygen atoms in total. The van der Waals surface area contributed by atoms with E-state index in [0.717, 1.165) is 79.2 Å². The predicted octanol–water partition coefficient (Wildman–Crippen LogP) is 6.03. The fraction of sp³-hybridized carbons (Fsp3) is 0.650. The molecular formula is C40H60ClN3O10S. The van der Waals surface area contributed by atoms with Crippen LogP contribution in [0.15, 0.2) is 53.7 Å². The predicted molar refractivity (Wildman–Crippen MR) is 213 cm³/mol. The lowest BCUT2D eigenvalue weighted by Crippen LogP contribution is -2.33. The van der Waals surface area contributed by atoms with Crippen LogP contribution in [0, 0.1) is 0 Å². The van der Waals surface area contributed by atoms with Crippen molar-refractivity contribution in [3.63, 3.8) is 0 Å². The molecule has 0 radical (unpaired) electrons. The van der Waals surface area contributed by atoms with Gasteiger partial charge in [0.15, 0.2) is 0 Å². The standard InChI is InChI=1S/C40H60ClN3O10S/c41-12-5-1-2-6-16-47-17-18-48-19-20-49-21-22-50-23-24-51-25-26-52-27-28-53-29-30-54-36-10-13-43(14-11-36)55-39-8-4-3-7-37(39)34-9-15-44-38(31-34)35(33-42-44)32-40(45)46/h3-4,7-9,15,31,33,36H,1-2,5-6,10-14,16-30,32H2,(H,45,46). The minimum Gasteiger partial charge on any atom is -0.481 e. The SMILES string of the molecule is O=C(O)Cc1cnn2ccc(-c3ccccc3SN3CCC(OCCOCCOCCOCCOCCOCCOCCOCCCCCCCl)CC3)cc12. The summed E-state index contributed by atoms with van der Waals surface area (Å²) in [7, 11) is 0. The Hall–Kier alpha value is -2.34. The lowest BCUT2D eigenvalue weighted by atomic mass is 10.1. The van der Waals surface area contributed by atoms with Gasteiger partial charge in [-0.3, -0.25) is 4.79 Å².